The van der Waals surface area contributed by atoms with E-state index in [2.05, 4.69) is 30.5 Å². The third-order valence-corrected chi connectivity index (χ3v) is 4.71. The third kappa shape index (κ3) is 3.69. The molecular weight excluding hydrogens is 354 g/mol. The number of hydrogen-bond donors (Lipinski definition) is 2. The third-order valence-electron chi connectivity index (χ3n) is 3.75. The van der Waals surface area contributed by atoms with Crippen LogP contribution in [0.2, 0.25) is 0 Å². The fraction of sp³-hybridized carbons (Fsp3) is 0.312. The van der Waals surface area contributed by atoms with Crippen LogP contribution in [0.4, 0.5) is 11.5 Å². The van der Waals surface area contributed by atoms with E-state index >= 15 is 0 Å². The van der Waals surface area contributed by atoms with Crippen molar-refractivity contribution in [2.24, 2.45) is 0 Å². The van der Waals surface area contributed by atoms with Crippen LogP contribution >= 0.6 is 11.8 Å². The van der Waals surface area contributed by atoms with Crippen molar-refractivity contribution in [3.8, 4) is 11.5 Å². The topological polar surface area (TPSA) is 125 Å². The van der Waals surface area contributed by atoms with Crippen LogP contribution in [0.25, 0.3) is 11.5 Å². The Morgan fingerprint density at radius 3 is 2.77 bits per heavy atom. The zero-order valence-electron chi connectivity index (χ0n) is 14.7. The molecule has 0 unspecified atom stereocenters. The van der Waals surface area contributed by atoms with Gasteiger partial charge in [0.05, 0.1) is 5.75 Å². The summed E-state index contributed by atoms with van der Waals surface area (Å²) in [4.78, 5) is 12.3. The number of aryl methyl sites for hydroxylation is 2. The molecule has 26 heavy (non-hydrogen) atoms. The molecule has 0 atom stereocenters. The molecule has 2 aromatic heterocycles. The van der Waals surface area contributed by atoms with Crippen LogP contribution in [0.3, 0.4) is 0 Å². The number of thioether (sulfide) groups is 1. The first-order valence-electron chi connectivity index (χ1n) is 8.01. The molecule has 0 saturated carbocycles. The van der Waals surface area contributed by atoms with Crippen molar-refractivity contribution >= 4 is 29.2 Å². The molecule has 0 aliphatic rings. The van der Waals surface area contributed by atoms with Crippen molar-refractivity contribution in [3.05, 3.63) is 29.3 Å². The van der Waals surface area contributed by atoms with Gasteiger partial charge in [-0.05, 0) is 42.7 Å². The van der Waals surface area contributed by atoms with Crippen molar-refractivity contribution in [1.82, 2.24) is 25.1 Å². The van der Waals surface area contributed by atoms with Gasteiger partial charge in [0, 0.05) is 12.2 Å². The number of anilines is 2. The maximum Gasteiger partial charge on any atom is 0.234 e. The molecule has 0 saturated heterocycles. The first kappa shape index (κ1) is 17.9. The second kappa shape index (κ2) is 7.56. The number of nitrogen functional groups attached to an aromatic ring is 1. The van der Waals surface area contributed by atoms with E-state index in [-0.39, 0.29) is 17.5 Å². The summed E-state index contributed by atoms with van der Waals surface area (Å²) in [5, 5.41) is 19.0. The van der Waals surface area contributed by atoms with Gasteiger partial charge < -0.3 is 15.6 Å². The SMILES string of the molecule is CCn1c(SCC(=O)Nc2ccc(C)cc2C)nnc1-c1nonc1N. The Labute approximate surface area is 154 Å². The number of rotatable bonds is 6. The van der Waals surface area contributed by atoms with Crippen LogP contribution in [0.15, 0.2) is 28.0 Å². The lowest BCUT2D eigenvalue weighted by atomic mass is 10.1. The highest BCUT2D eigenvalue weighted by molar-refractivity contribution is 7.99. The predicted molar refractivity (Wildman–Crippen MR) is 98.7 cm³/mol. The van der Waals surface area contributed by atoms with Gasteiger partial charge in [-0.3, -0.25) is 4.79 Å². The smallest absolute Gasteiger partial charge is 0.234 e. The minimum Gasteiger partial charge on any atom is -0.379 e. The van der Waals surface area contributed by atoms with E-state index in [0.29, 0.717) is 23.2 Å². The second-order valence-electron chi connectivity index (χ2n) is 5.70. The molecule has 0 fully saturated rings. The monoisotopic (exact) mass is 373 g/mol. The van der Waals surface area contributed by atoms with Gasteiger partial charge in [-0.25, -0.2) is 4.63 Å². The van der Waals surface area contributed by atoms with Gasteiger partial charge in [-0.2, -0.15) is 0 Å². The molecule has 3 N–H and O–H groups in total. The van der Waals surface area contributed by atoms with Gasteiger partial charge in [0.1, 0.15) is 0 Å². The van der Waals surface area contributed by atoms with E-state index in [0.717, 1.165) is 16.8 Å². The Kier molecular flexibility index (Phi) is 5.21. The Morgan fingerprint density at radius 1 is 1.31 bits per heavy atom. The van der Waals surface area contributed by atoms with Gasteiger partial charge in [-0.1, -0.05) is 29.5 Å². The lowest BCUT2D eigenvalue weighted by molar-refractivity contribution is -0.113. The van der Waals surface area contributed by atoms with Gasteiger partial charge >= 0.3 is 0 Å². The first-order valence-corrected chi connectivity index (χ1v) is 8.99. The first-order chi connectivity index (χ1) is 12.5. The molecular formula is C16H19N7O2S. The lowest BCUT2D eigenvalue weighted by Crippen LogP contribution is -2.15. The molecule has 3 aromatic rings. The summed E-state index contributed by atoms with van der Waals surface area (Å²) in [6, 6.07) is 5.89. The maximum absolute atomic E-state index is 12.3. The zero-order chi connectivity index (χ0) is 18.7. The standard InChI is InChI=1S/C16H19N7O2S/c1-4-23-15(13-14(17)22-25-21-13)19-20-16(23)26-8-12(24)18-11-6-5-9(2)7-10(11)3/h5-7H,4,8H2,1-3H3,(H2,17,22)(H,18,24). The van der Waals surface area contributed by atoms with Crippen LogP contribution in [-0.2, 0) is 11.3 Å². The van der Waals surface area contributed by atoms with Gasteiger partial charge in [0.2, 0.25) is 5.91 Å². The summed E-state index contributed by atoms with van der Waals surface area (Å²) >= 11 is 1.29. The highest BCUT2D eigenvalue weighted by Crippen LogP contribution is 2.25. The predicted octanol–water partition coefficient (Wildman–Crippen LogP) is 2.28. The Hall–Kier alpha value is -2.88. The second-order valence-corrected chi connectivity index (χ2v) is 6.65. The molecule has 1 amide bonds. The zero-order valence-corrected chi connectivity index (χ0v) is 15.5. The largest absolute Gasteiger partial charge is 0.379 e. The number of amides is 1. The summed E-state index contributed by atoms with van der Waals surface area (Å²) in [7, 11) is 0. The number of carbonyl (C=O) groups is 1. The molecule has 3 rings (SSSR count). The summed E-state index contributed by atoms with van der Waals surface area (Å²) in [6.07, 6.45) is 0. The number of hydrogen-bond acceptors (Lipinski definition) is 8. The van der Waals surface area contributed by atoms with E-state index < -0.39 is 0 Å². The van der Waals surface area contributed by atoms with Crippen molar-refractivity contribution in [2.75, 3.05) is 16.8 Å². The number of nitrogens with one attached hydrogen (secondary N) is 1. The number of aromatic nitrogens is 5. The molecule has 0 spiro atoms. The van der Waals surface area contributed by atoms with Crippen molar-refractivity contribution < 1.29 is 9.42 Å². The van der Waals surface area contributed by atoms with Crippen LogP contribution in [0.1, 0.15) is 18.1 Å². The van der Waals surface area contributed by atoms with Gasteiger partial charge in [0.25, 0.3) is 0 Å². The molecule has 2 heterocycles. The molecule has 0 bridgehead atoms. The lowest BCUT2D eigenvalue weighted by Gasteiger charge is -2.09. The number of nitrogens with zero attached hydrogens (tertiary/aromatic N) is 5. The number of nitrogens with two attached hydrogens (primary N) is 1. The van der Waals surface area contributed by atoms with Crippen molar-refractivity contribution in [1.29, 1.82) is 0 Å². The fourth-order valence-corrected chi connectivity index (χ4v) is 3.28. The van der Waals surface area contributed by atoms with E-state index in [4.69, 9.17) is 5.73 Å². The minimum absolute atomic E-state index is 0.114. The molecule has 0 aliphatic carbocycles. The molecule has 9 nitrogen and oxygen atoms in total. The minimum atomic E-state index is -0.114. The van der Waals surface area contributed by atoms with Crippen LogP contribution in [-0.4, -0.2) is 36.7 Å². The van der Waals surface area contributed by atoms with Gasteiger partial charge in [-0.15, -0.1) is 10.2 Å². The maximum atomic E-state index is 12.3. The molecule has 10 heteroatoms. The average Bonchev–Trinajstić information content (AvgIpc) is 3.20. The highest BCUT2D eigenvalue weighted by Gasteiger charge is 2.20. The summed E-state index contributed by atoms with van der Waals surface area (Å²) in [5.41, 5.74) is 9.04. The number of benzene rings is 1. The number of carbonyl (C=O) groups excluding carboxylic acids is 1. The highest BCUT2D eigenvalue weighted by atomic mass is 32.2. The molecule has 0 aliphatic heterocycles. The van der Waals surface area contributed by atoms with Crippen LogP contribution in [0, 0.1) is 13.8 Å². The van der Waals surface area contributed by atoms with E-state index in [1.54, 1.807) is 0 Å². The molecule has 1 aromatic carbocycles. The van der Waals surface area contributed by atoms with Crippen molar-refractivity contribution in [2.45, 2.75) is 32.5 Å². The normalized spacial score (nSPS) is 10.9. The Balaban J connectivity index is 1.69. The van der Waals surface area contributed by atoms with Crippen molar-refractivity contribution in [3.63, 3.8) is 0 Å². The summed E-state index contributed by atoms with van der Waals surface area (Å²) in [6.45, 7) is 6.51. The quantitative estimate of drug-likeness (QED) is 0.631. The average molecular weight is 373 g/mol. The van der Waals surface area contributed by atoms with Crippen LogP contribution < -0.4 is 11.1 Å². The summed E-state index contributed by atoms with van der Waals surface area (Å²) in [5.74, 6) is 0.703. The Bertz CT molecular complexity index is 935. The summed E-state index contributed by atoms with van der Waals surface area (Å²) < 4.78 is 6.43. The Morgan fingerprint density at radius 2 is 2.12 bits per heavy atom. The van der Waals surface area contributed by atoms with E-state index in [1.807, 2.05) is 43.5 Å². The molecule has 0 radical (unpaired) electrons. The fourth-order valence-electron chi connectivity index (χ4n) is 2.48. The molecule has 136 valence electrons. The van der Waals surface area contributed by atoms with E-state index in [9.17, 15) is 4.79 Å². The van der Waals surface area contributed by atoms with E-state index in [1.165, 1.54) is 11.8 Å². The van der Waals surface area contributed by atoms with Crippen LogP contribution in [0.5, 0.6) is 0 Å². The van der Waals surface area contributed by atoms with Gasteiger partial charge in [0.15, 0.2) is 22.5 Å².